The van der Waals surface area contributed by atoms with Gasteiger partial charge in [0.25, 0.3) is 5.24 Å². The Morgan fingerprint density at radius 1 is 1.24 bits per heavy atom. The van der Waals surface area contributed by atoms with Crippen molar-refractivity contribution in [2.75, 3.05) is 18.2 Å². The summed E-state index contributed by atoms with van der Waals surface area (Å²) in [5, 5.41) is 0.556. The summed E-state index contributed by atoms with van der Waals surface area (Å²) >= 11 is 7.55. The van der Waals surface area contributed by atoms with E-state index in [4.69, 9.17) is 16.3 Å². The van der Waals surface area contributed by atoms with Gasteiger partial charge >= 0.3 is 0 Å². The molecule has 0 aromatic heterocycles. The zero-order valence-electron chi connectivity index (χ0n) is 15.4. The molecule has 0 saturated carbocycles. The second-order valence-electron chi connectivity index (χ2n) is 5.95. The van der Waals surface area contributed by atoms with Crippen molar-refractivity contribution in [1.82, 2.24) is 0 Å². The van der Waals surface area contributed by atoms with E-state index in [2.05, 4.69) is 26.0 Å². The van der Waals surface area contributed by atoms with Gasteiger partial charge in [0.1, 0.15) is 12.4 Å². The summed E-state index contributed by atoms with van der Waals surface area (Å²) in [6.07, 6.45) is 2.77. The van der Waals surface area contributed by atoms with E-state index in [0.29, 0.717) is 11.6 Å². The molecule has 0 unspecified atom stereocenters. The number of benzene rings is 2. The predicted octanol–water partition coefficient (Wildman–Crippen LogP) is 6.02. The molecular weight excluding hydrogens is 354 g/mol. The first-order chi connectivity index (χ1) is 11.9. The third-order valence-electron chi connectivity index (χ3n) is 4.29. The van der Waals surface area contributed by atoms with E-state index in [1.807, 2.05) is 25.1 Å². The zero-order chi connectivity index (χ0) is 18.6. The number of aryl methyl sites for hydroxylation is 3. The molecule has 25 heavy (non-hydrogen) atoms. The quantitative estimate of drug-likeness (QED) is 0.638. The van der Waals surface area contributed by atoms with Crippen molar-refractivity contribution in [3.8, 4) is 5.75 Å². The number of amides is 1. The molecule has 1 amide bonds. The third-order valence-corrected chi connectivity index (χ3v) is 5.27. The number of carbonyl (C=O) groups excluding carboxylic acids is 1. The maximum absolute atomic E-state index is 12.0. The molecule has 0 aliphatic heterocycles. The highest BCUT2D eigenvalue weighted by Crippen LogP contribution is 2.31. The lowest BCUT2D eigenvalue weighted by atomic mass is 10.0. The van der Waals surface area contributed by atoms with Crippen molar-refractivity contribution in [2.24, 2.45) is 0 Å². The smallest absolute Gasteiger partial charge is 0.285 e. The second-order valence-corrected chi connectivity index (χ2v) is 7.12. The van der Waals surface area contributed by atoms with Crippen LogP contribution in [0.15, 0.2) is 30.3 Å². The first-order valence-corrected chi connectivity index (χ1v) is 9.81. The molecule has 0 fully saturated rings. The minimum Gasteiger partial charge on any atom is -0.488 e. The van der Waals surface area contributed by atoms with E-state index >= 15 is 0 Å². The highest BCUT2D eigenvalue weighted by Gasteiger charge is 2.17. The van der Waals surface area contributed by atoms with E-state index in [-0.39, 0.29) is 5.24 Å². The number of halogens is 1. The van der Waals surface area contributed by atoms with E-state index in [9.17, 15) is 4.79 Å². The Hall–Kier alpha value is -1.65. The molecule has 0 atom stereocenters. The molecule has 2 aromatic rings. The maximum atomic E-state index is 12.0. The molecule has 0 bridgehead atoms. The monoisotopic (exact) mass is 377 g/mol. The Labute approximate surface area is 159 Å². The van der Waals surface area contributed by atoms with Crippen molar-refractivity contribution in [3.05, 3.63) is 57.6 Å². The van der Waals surface area contributed by atoms with Crippen molar-refractivity contribution in [3.63, 3.8) is 0 Å². The molecule has 0 aliphatic rings. The van der Waals surface area contributed by atoms with Crippen LogP contribution in [0.5, 0.6) is 5.75 Å². The van der Waals surface area contributed by atoms with Crippen LogP contribution in [0.25, 0.3) is 0 Å². The lowest BCUT2D eigenvalue weighted by Crippen LogP contribution is -2.23. The lowest BCUT2D eigenvalue weighted by molar-refractivity contribution is 0.266. The number of thioether (sulfide) groups is 1. The van der Waals surface area contributed by atoms with Gasteiger partial charge in [0.2, 0.25) is 0 Å². The van der Waals surface area contributed by atoms with Crippen molar-refractivity contribution < 1.29 is 9.53 Å². The molecule has 2 rings (SSSR count). The van der Waals surface area contributed by atoms with Crippen molar-refractivity contribution in [1.29, 1.82) is 0 Å². The molecule has 0 heterocycles. The third kappa shape index (κ3) is 4.50. The fourth-order valence-corrected chi connectivity index (χ4v) is 3.37. The average Bonchev–Trinajstić information content (AvgIpc) is 2.61. The summed E-state index contributed by atoms with van der Waals surface area (Å²) in [6.45, 7) is 6.60. The van der Waals surface area contributed by atoms with Gasteiger partial charge in [0.05, 0.1) is 5.69 Å². The van der Waals surface area contributed by atoms with Crippen LogP contribution >= 0.6 is 23.4 Å². The number of hydrogen-bond donors (Lipinski definition) is 0. The van der Waals surface area contributed by atoms with Crippen LogP contribution in [0.3, 0.4) is 0 Å². The van der Waals surface area contributed by atoms with Crippen LogP contribution < -0.4 is 9.64 Å². The fourth-order valence-electron chi connectivity index (χ4n) is 2.78. The van der Waals surface area contributed by atoms with Crippen LogP contribution in [-0.2, 0) is 13.0 Å². The largest absolute Gasteiger partial charge is 0.488 e. The molecule has 0 aliphatic carbocycles. The van der Waals surface area contributed by atoms with Crippen LogP contribution in [-0.4, -0.2) is 18.5 Å². The zero-order valence-corrected chi connectivity index (χ0v) is 16.9. The SMILES string of the molecule is CCc1cc(C)c(OCc2c(Cl)cccc2N(C)C(=O)SC)cc1C. The first-order valence-electron chi connectivity index (χ1n) is 8.21. The fraction of sp³-hybridized carbons (Fsp3) is 0.350. The first kappa shape index (κ1) is 19.7. The Bertz CT molecular complexity index is 777. The number of anilines is 1. The Morgan fingerprint density at radius 2 is 1.96 bits per heavy atom. The number of hydrogen-bond acceptors (Lipinski definition) is 3. The van der Waals surface area contributed by atoms with Gasteiger partial charge in [-0.25, -0.2) is 0 Å². The Balaban J connectivity index is 2.30. The summed E-state index contributed by atoms with van der Waals surface area (Å²) in [5.41, 5.74) is 5.23. The minimum absolute atomic E-state index is 0.0390. The van der Waals surface area contributed by atoms with Crippen LogP contribution in [0.4, 0.5) is 10.5 Å². The Morgan fingerprint density at radius 3 is 2.60 bits per heavy atom. The lowest BCUT2D eigenvalue weighted by Gasteiger charge is -2.21. The van der Waals surface area contributed by atoms with E-state index in [0.717, 1.165) is 29.0 Å². The van der Waals surface area contributed by atoms with E-state index < -0.39 is 0 Å². The molecule has 0 saturated heterocycles. The summed E-state index contributed by atoms with van der Waals surface area (Å²) in [4.78, 5) is 13.6. The summed E-state index contributed by atoms with van der Waals surface area (Å²) in [7, 11) is 1.75. The van der Waals surface area contributed by atoms with Gasteiger partial charge < -0.3 is 9.64 Å². The molecule has 3 nitrogen and oxygen atoms in total. The van der Waals surface area contributed by atoms with Gasteiger partial charge in [-0.05, 0) is 61.4 Å². The summed E-state index contributed by atoms with van der Waals surface area (Å²) in [5.74, 6) is 0.847. The number of rotatable bonds is 5. The standard InChI is InChI=1S/C20H24ClNO2S/c1-6-15-10-14(3)19(11-13(15)2)24-12-16-17(21)8-7-9-18(16)22(4)20(23)25-5/h7-11H,6,12H2,1-5H3. The van der Waals surface area contributed by atoms with Gasteiger partial charge in [-0.15, -0.1) is 0 Å². The topological polar surface area (TPSA) is 29.5 Å². The summed E-state index contributed by atoms with van der Waals surface area (Å²) < 4.78 is 6.06. The average molecular weight is 378 g/mol. The molecular formula is C20H24ClNO2S. The Kier molecular flexibility index (Phi) is 6.79. The van der Waals surface area contributed by atoms with E-state index in [1.54, 1.807) is 18.2 Å². The molecule has 0 N–H and O–H groups in total. The molecule has 0 spiro atoms. The normalized spacial score (nSPS) is 10.6. The van der Waals surface area contributed by atoms with E-state index in [1.165, 1.54) is 22.9 Å². The summed E-state index contributed by atoms with van der Waals surface area (Å²) in [6, 6.07) is 9.79. The second kappa shape index (κ2) is 8.63. The minimum atomic E-state index is -0.0390. The number of carbonyl (C=O) groups is 1. The van der Waals surface area contributed by atoms with Gasteiger partial charge in [-0.2, -0.15) is 0 Å². The van der Waals surface area contributed by atoms with Crippen molar-refractivity contribution >= 4 is 34.3 Å². The highest BCUT2D eigenvalue weighted by molar-refractivity contribution is 8.13. The molecule has 5 heteroatoms. The maximum Gasteiger partial charge on any atom is 0.285 e. The highest BCUT2D eigenvalue weighted by atomic mass is 35.5. The molecule has 134 valence electrons. The van der Waals surface area contributed by atoms with Crippen LogP contribution in [0.2, 0.25) is 5.02 Å². The van der Waals surface area contributed by atoms with Gasteiger partial charge in [0.15, 0.2) is 0 Å². The number of nitrogens with zero attached hydrogens (tertiary/aromatic N) is 1. The number of ether oxygens (including phenoxy) is 1. The van der Waals surface area contributed by atoms with Gasteiger partial charge in [-0.3, -0.25) is 4.79 Å². The van der Waals surface area contributed by atoms with Gasteiger partial charge in [0, 0.05) is 17.6 Å². The van der Waals surface area contributed by atoms with Crippen LogP contribution in [0.1, 0.15) is 29.2 Å². The molecule has 0 radical (unpaired) electrons. The van der Waals surface area contributed by atoms with Crippen molar-refractivity contribution in [2.45, 2.75) is 33.8 Å². The predicted molar refractivity (Wildman–Crippen MR) is 108 cm³/mol. The van der Waals surface area contributed by atoms with Crippen LogP contribution in [0, 0.1) is 13.8 Å². The van der Waals surface area contributed by atoms with Gasteiger partial charge in [-0.1, -0.05) is 42.4 Å². The molecule has 2 aromatic carbocycles.